The van der Waals surface area contributed by atoms with Gasteiger partial charge in [-0.1, -0.05) is 194 Å². The first-order chi connectivity index (χ1) is 30.2. The summed E-state index contributed by atoms with van der Waals surface area (Å²) in [6, 6.07) is 76.4. The van der Waals surface area contributed by atoms with E-state index < -0.39 is 5.41 Å². The van der Waals surface area contributed by atoms with Crippen LogP contribution in [0.4, 0.5) is 0 Å². The molecule has 4 nitrogen and oxygen atoms in total. The Balaban J connectivity index is 0.974. The quantitative estimate of drug-likeness (QED) is 0.169. The lowest BCUT2D eigenvalue weighted by atomic mass is 9.68. The van der Waals surface area contributed by atoms with Crippen molar-refractivity contribution in [1.82, 2.24) is 9.97 Å². The Morgan fingerprint density at radius 2 is 0.951 bits per heavy atom. The summed E-state index contributed by atoms with van der Waals surface area (Å²) < 4.78 is 13.8. The Morgan fingerprint density at radius 3 is 1.72 bits per heavy atom. The third kappa shape index (κ3) is 5.53. The van der Waals surface area contributed by atoms with Gasteiger partial charge in [-0.05, 0) is 74.0 Å². The molecule has 61 heavy (non-hydrogen) atoms. The van der Waals surface area contributed by atoms with Gasteiger partial charge in [-0.15, -0.1) is 0 Å². The van der Waals surface area contributed by atoms with Gasteiger partial charge in [0, 0.05) is 22.3 Å². The number of hydrogen-bond donors (Lipinski definition) is 0. The van der Waals surface area contributed by atoms with Gasteiger partial charge in [0.25, 0.3) is 0 Å². The van der Waals surface area contributed by atoms with E-state index in [1.165, 1.54) is 27.6 Å². The first-order valence-corrected chi connectivity index (χ1v) is 20.6. The summed E-state index contributed by atoms with van der Waals surface area (Å²) >= 11 is 0. The van der Waals surface area contributed by atoms with Gasteiger partial charge in [0.05, 0.1) is 16.8 Å². The van der Waals surface area contributed by atoms with Crippen LogP contribution in [-0.2, 0) is 5.41 Å². The zero-order chi connectivity index (χ0) is 40.3. The standard InChI is InChI=1S/C57H36N2O2/c1-4-18-38(19-5-1)56-58-49(36-50(59-56)45-29-16-20-37-17-10-11-25-42(37)45)44-27-13-12-26-43(44)39-31-33-51-53(35-39)60-52-34-32-48-54(55(52)61-51)46-28-14-15-30-47(46)57(48,40-21-6-2-7-22-40)41-23-8-3-9-24-41/h1-36H. The number of benzene rings is 9. The molecule has 286 valence electrons. The van der Waals surface area contributed by atoms with Crippen LogP contribution in [0.1, 0.15) is 22.3 Å². The molecule has 0 atom stereocenters. The molecule has 0 saturated carbocycles. The van der Waals surface area contributed by atoms with Crippen molar-refractivity contribution in [2.75, 3.05) is 0 Å². The first-order valence-electron chi connectivity index (χ1n) is 20.6. The van der Waals surface area contributed by atoms with Crippen molar-refractivity contribution >= 4 is 10.8 Å². The highest BCUT2D eigenvalue weighted by molar-refractivity contribution is 5.97. The highest BCUT2D eigenvalue weighted by Crippen LogP contribution is 2.62. The maximum Gasteiger partial charge on any atom is 0.178 e. The molecule has 0 spiro atoms. The van der Waals surface area contributed by atoms with E-state index in [4.69, 9.17) is 19.4 Å². The fourth-order valence-electron chi connectivity index (χ4n) is 9.58. The smallest absolute Gasteiger partial charge is 0.178 e. The van der Waals surface area contributed by atoms with E-state index in [1.54, 1.807) is 0 Å². The van der Waals surface area contributed by atoms with Crippen LogP contribution in [0.25, 0.3) is 66.9 Å². The number of fused-ring (bicyclic) bond motifs is 7. The number of ether oxygens (including phenoxy) is 2. The number of aromatic nitrogens is 2. The Hall–Kier alpha value is -8.08. The molecule has 0 fully saturated rings. The summed E-state index contributed by atoms with van der Waals surface area (Å²) in [7, 11) is 0. The zero-order valence-corrected chi connectivity index (χ0v) is 33.0. The molecule has 0 N–H and O–H groups in total. The van der Waals surface area contributed by atoms with Crippen molar-refractivity contribution in [2.24, 2.45) is 0 Å². The maximum atomic E-state index is 6.97. The SMILES string of the molecule is c1ccc(-c2nc(-c3ccccc3-c3ccc4c(c3)Oc3ccc5c(c3O4)-c3ccccc3C5(c3ccccc3)c3ccccc3)cc(-c3cccc4ccccc34)n2)cc1. The van der Waals surface area contributed by atoms with Gasteiger partial charge in [-0.2, -0.15) is 0 Å². The second-order valence-electron chi connectivity index (χ2n) is 15.6. The number of nitrogens with zero attached hydrogens (tertiary/aromatic N) is 2. The summed E-state index contributed by atoms with van der Waals surface area (Å²) in [5, 5.41) is 2.31. The first kappa shape index (κ1) is 34.9. The van der Waals surface area contributed by atoms with Crippen molar-refractivity contribution in [1.29, 1.82) is 0 Å². The van der Waals surface area contributed by atoms with Crippen molar-refractivity contribution in [3.63, 3.8) is 0 Å². The molecule has 9 aromatic carbocycles. The Morgan fingerprint density at radius 1 is 0.361 bits per heavy atom. The molecule has 2 heterocycles. The van der Waals surface area contributed by atoms with Gasteiger partial charge in [0.2, 0.25) is 0 Å². The van der Waals surface area contributed by atoms with Crippen molar-refractivity contribution in [3.05, 3.63) is 241 Å². The number of rotatable bonds is 6. The van der Waals surface area contributed by atoms with Crippen LogP contribution in [0.15, 0.2) is 218 Å². The van der Waals surface area contributed by atoms with Crippen molar-refractivity contribution in [3.8, 4) is 79.2 Å². The highest BCUT2D eigenvalue weighted by Gasteiger charge is 2.48. The van der Waals surface area contributed by atoms with Gasteiger partial charge in [0.15, 0.2) is 28.8 Å². The second kappa shape index (κ2) is 14.0. The molecule has 1 aliphatic carbocycles. The normalized spacial score (nSPS) is 13.0. The predicted molar refractivity (Wildman–Crippen MR) is 245 cm³/mol. The van der Waals surface area contributed by atoms with Gasteiger partial charge < -0.3 is 9.47 Å². The molecule has 1 aliphatic heterocycles. The zero-order valence-electron chi connectivity index (χ0n) is 33.0. The summed E-state index contributed by atoms with van der Waals surface area (Å²) in [4.78, 5) is 10.4. The Labute approximate surface area is 354 Å². The molecule has 12 rings (SSSR count). The maximum absolute atomic E-state index is 6.97. The van der Waals surface area contributed by atoms with E-state index >= 15 is 0 Å². The third-order valence-corrected chi connectivity index (χ3v) is 12.3. The minimum Gasteiger partial charge on any atom is -0.449 e. The van der Waals surface area contributed by atoms with E-state index in [0.29, 0.717) is 23.1 Å². The van der Waals surface area contributed by atoms with E-state index in [-0.39, 0.29) is 0 Å². The lowest BCUT2D eigenvalue weighted by molar-refractivity contribution is 0.360. The monoisotopic (exact) mass is 780 g/mol. The lowest BCUT2D eigenvalue weighted by Gasteiger charge is -2.34. The van der Waals surface area contributed by atoms with Crippen LogP contribution in [0.2, 0.25) is 0 Å². The van der Waals surface area contributed by atoms with E-state index in [2.05, 4.69) is 194 Å². The molecule has 0 saturated heterocycles. The van der Waals surface area contributed by atoms with Crippen molar-refractivity contribution < 1.29 is 9.47 Å². The minimum absolute atomic E-state index is 0.532. The van der Waals surface area contributed by atoms with Gasteiger partial charge in [0.1, 0.15) is 0 Å². The fourth-order valence-corrected chi connectivity index (χ4v) is 9.58. The predicted octanol–water partition coefficient (Wildman–Crippen LogP) is 14.6. The van der Waals surface area contributed by atoms with Crippen LogP contribution in [0.3, 0.4) is 0 Å². The summed E-state index contributed by atoms with van der Waals surface area (Å²) in [6.45, 7) is 0. The van der Waals surface area contributed by atoms with Crippen LogP contribution < -0.4 is 9.47 Å². The van der Waals surface area contributed by atoms with E-state index in [0.717, 1.165) is 61.5 Å². The molecule has 0 bridgehead atoms. The third-order valence-electron chi connectivity index (χ3n) is 12.3. The topological polar surface area (TPSA) is 44.2 Å². The fraction of sp³-hybridized carbons (Fsp3) is 0.0175. The molecule has 0 unspecified atom stereocenters. The van der Waals surface area contributed by atoms with Gasteiger partial charge in [-0.25, -0.2) is 9.97 Å². The highest BCUT2D eigenvalue weighted by atomic mass is 16.6. The largest absolute Gasteiger partial charge is 0.449 e. The minimum atomic E-state index is -0.532. The molecule has 1 aromatic heterocycles. The van der Waals surface area contributed by atoms with Crippen molar-refractivity contribution in [2.45, 2.75) is 5.41 Å². The molecule has 0 amide bonds. The summed E-state index contributed by atoms with van der Waals surface area (Å²) in [5.41, 5.74) is 13.2. The van der Waals surface area contributed by atoms with Crippen LogP contribution in [0.5, 0.6) is 23.0 Å². The van der Waals surface area contributed by atoms with Crippen LogP contribution >= 0.6 is 0 Å². The summed E-state index contributed by atoms with van der Waals surface area (Å²) in [6.07, 6.45) is 0. The molecule has 0 radical (unpaired) electrons. The average Bonchev–Trinajstić information content (AvgIpc) is 3.65. The van der Waals surface area contributed by atoms with E-state index in [1.807, 2.05) is 24.3 Å². The average molecular weight is 781 g/mol. The van der Waals surface area contributed by atoms with E-state index in [9.17, 15) is 0 Å². The molecule has 2 aliphatic rings. The number of hydrogen-bond acceptors (Lipinski definition) is 4. The van der Waals surface area contributed by atoms with Gasteiger partial charge in [-0.3, -0.25) is 0 Å². The lowest BCUT2D eigenvalue weighted by Crippen LogP contribution is -2.28. The molecular weight excluding hydrogens is 745 g/mol. The summed E-state index contributed by atoms with van der Waals surface area (Å²) in [5.74, 6) is 3.42. The van der Waals surface area contributed by atoms with Gasteiger partial charge >= 0.3 is 0 Å². The molecule has 10 aromatic rings. The molecule has 4 heteroatoms. The Bertz CT molecular complexity index is 3260. The van der Waals surface area contributed by atoms with Crippen LogP contribution in [0, 0.1) is 0 Å². The van der Waals surface area contributed by atoms with Crippen LogP contribution in [-0.4, -0.2) is 9.97 Å². The second-order valence-corrected chi connectivity index (χ2v) is 15.6. The Kier molecular flexibility index (Phi) is 8.04. The molecular formula is C57H36N2O2.